The fraction of sp³-hybridized carbons (Fsp3) is 0.529. The summed E-state index contributed by atoms with van der Waals surface area (Å²) < 4.78 is 0. The van der Waals surface area contributed by atoms with E-state index >= 15 is 0 Å². The Bertz CT molecular complexity index is 551. The first-order chi connectivity index (χ1) is 10.9. The number of amides is 2. The quantitative estimate of drug-likeness (QED) is 0.918. The standard InChI is InChI=1S/C17H24ClN3O2/c1-12(2)17(23)21-10-8-20(9-11-21)13(3)16(22)19-15-6-4-14(18)5-7-15/h4-7,12-13H,8-11H2,1-3H3,(H,19,22). The molecule has 1 aliphatic rings. The van der Waals surface area contributed by atoms with Crippen molar-refractivity contribution in [1.29, 1.82) is 0 Å². The molecule has 1 aromatic rings. The van der Waals surface area contributed by atoms with Crippen molar-refractivity contribution in [2.45, 2.75) is 26.8 Å². The monoisotopic (exact) mass is 337 g/mol. The van der Waals surface area contributed by atoms with E-state index in [0.717, 1.165) is 5.69 Å². The maximum atomic E-state index is 12.4. The van der Waals surface area contributed by atoms with E-state index in [1.54, 1.807) is 24.3 Å². The molecule has 0 aliphatic carbocycles. The van der Waals surface area contributed by atoms with Crippen molar-refractivity contribution in [2.24, 2.45) is 5.92 Å². The van der Waals surface area contributed by atoms with Crippen LogP contribution in [-0.2, 0) is 9.59 Å². The van der Waals surface area contributed by atoms with Gasteiger partial charge in [0.05, 0.1) is 6.04 Å². The zero-order valence-corrected chi connectivity index (χ0v) is 14.6. The first-order valence-corrected chi connectivity index (χ1v) is 8.35. The Balaban J connectivity index is 1.86. The number of anilines is 1. The molecule has 0 radical (unpaired) electrons. The van der Waals surface area contributed by atoms with Gasteiger partial charge in [0.25, 0.3) is 0 Å². The van der Waals surface area contributed by atoms with Crippen LogP contribution in [0.4, 0.5) is 5.69 Å². The second-order valence-electron chi connectivity index (χ2n) is 6.19. The van der Waals surface area contributed by atoms with E-state index in [2.05, 4.69) is 10.2 Å². The molecule has 6 heteroatoms. The van der Waals surface area contributed by atoms with Gasteiger partial charge in [-0.15, -0.1) is 0 Å². The van der Waals surface area contributed by atoms with Gasteiger partial charge in [-0.25, -0.2) is 0 Å². The second kappa shape index (κ2) is 7.79. The lowest BCUT2D eigenvalue weighted by Crippen LogP contribution is -2.54. The van der Waals surface area contributed by atoms with Gasteiger partial charge in [0.15, 0.2) is 0 Å². The Hall–Kier alpha value is -1.59. The number of piperazine rings is 1. The van der Waals surface area contributed by atoms with Crippen LogP contribution in [0.2, 0.25) is 5.02 Å². The van der Waals surface area contributed by atoms with Crippen molar-refractivity contribution in [3.8, 4) is 0 Å². The number of benzene rings is 1. The van der Waals surface area contributed by atoms with E-state index < -0.39 is 0 Å². The van der Waals surface area contributed by atoms with Gasteiger partial charge < -0.3 is 10.2 Å². The molecule has 1 N–H and O–H groups in total. The first-order valence-electron chi connectivity index (χ1n) is 7.97. The molecule has 0 bridgehead atoms. The van der Waals surface area contributed by atoms with E-state index in [1.165, 1.54) is 0 Å². The van der Waals surface area contributed by atoms with Gasteiger partial charge in [-0.05, 0) is 31.2 Å². The molecular formula is C17H24ClN3O2. The third-order valence-corrected chi connectivity index (χ3v) is 4.41. The van der Waals surface area contributed by atoms with Crippen molar-refractivity contribution >= 4 is 29.1 Å². The van der Waals surface area contributed by atoms with Crippen molar-refractivity contribution in [3.05, 3.63) is 29.3 Å². The third-order valence-electron chi connectivity index (χ3n) is 4.16. The molecule has 0 spiro atoms. The molecule has 1 saturated heterocycles. The van der Waals surface area contributed by atoms with Crippen LogP contribution in [0.3, 0.4) is 0 Å². The molecule has 1 heterocycles. The fourth-order valence-electron chi connectivity index (χ4n) is 2.64. The highest BCUT2D eigenvalue weighted by molar-refractivity contribution is 6.30. The number of carbonyl (C=O) groups excluding carboxylic acids is 2. The predicted molar refractivity (Wildman–Crippen MR) is 92.5 cm³/mol. The van der Waals surface area contributed by atoms with Crippen LogP contribution in [0.5, 0.6) is 0 Å². The number of nitrogens with zero attached hydrogens (tertiary/aromatic N) is 2. The summed E-state index contributed by atoms with van der Waals surface area (Å²) in [6.45, 7) is 8.51. The van der Waals surface area contributed by atoms with Gasteiger partial charge in [-0.2, -0.15) is 0 Å². The topological polar surface area (TPSA) is 52.7 Å². The predicted octanol–water partition coefficient (Wildman–Crippen LogP) is 2.47. The van der Waals surface area contributed by atoms with Gasteiger partial charge in [-0.3, -0.25) is 14.5 Å². The fourth-order valence-corrected chi connectivity index (χ4v) is 2.77. The van der Waals surface area contributed by atoms with Crippen molar-refractivity contribution in [3.63, 3.8) is 0 Å². The summed E-state index contributed by atoms with van der Waals surface area (Å²) in [4.78, 5) is 28.3. The van der Waals surface area contributed by atoms with Crippen LogP contribution in [0.25, 0.3) is 0 Å². The van der Waals surface area contributed by atoms with Crippen LogP contribution in [0, 0.1) is 5.92 Å². The average Bonchev–Trinajstić information content (AvgIpc) is 2.55. The summed E-state index contributed by atoms with van der Waals surface area (Å²) in [5, 5.41) is 3.54. The Morgan fingerprint density at radius 3 is 2.13 bits per heavy atom. The zero-order chi connectivity index (χ0) is 17.0. The van der Waals surface area contributed by atoms with Crippen LogP contribution < -0.4 is 5.32 Å². The highest BCUT2D eigenvalue weighted by Gasteiger charge is 2.28. The highest BCUT2D eigenvalue weighted by atomic mass is 35.5. The van der Waals surface area contributed by atoms with E-state index in [1.807, 2.05) is 25.7 Å². The maximum absolute atomic E-state index is 12.4. The Morgan fingerprint density at radius 1 is 1.04 bits per heavy atom. The van der Waals surface area contributed by atoms with Gasteiger partial charge in [0, 0.05) is 42.8 Å². The van der Waals surface area contributed by atoms with Gasteiger partial charge in [0.2, 0.25) is 11.8 Å². The normalized spacial score (nSPS) is 17.2. The Labute approximate surface area is 142 Å². The van der Waals surface area contributed by atoms with Crippen molar-refractivity contribution in [2.75, 3.05) is 31.5 Å². The summed E-state index contributed by atoms with van der Waals surface area (Å²) in [6, 6.07) is 6.83. The average molecular weight is 338 g/mol. The minimum Gasteiger partial charge on any atom is -0.340 e. The lowest BCUT2D eigenvalue weighted by molar-refractivity contribution is -0.136. The smallest absolute Gasteiger partial charge is 0.241 e. The zero-order valence-electron chi connectivity index (χ0n) is 13.9. The summed E-state index contributed by atoms with van der Waals surface area (Å²) in [7, 11) is 0. The number of rotatable bonds is 4. The minimum atomic E-state index is -0.234. The van der Waals surface area contributed by atoms with E-state index in [0.29, 0.717) is 31.2 Å². The maximum Gasteiger partial charge on any atom is 0.241 e. The molecule has 0 saturated carbocycles. The van der Waals surface area contributed by atoms with Crippen molar-refractivity contribution < 1.29 is 9.59 Å². The molecule has 126 valence electrons. The van der Waals surface area contributed by atoms with E-state index in [9.17, 15) is 9.59 Å². The number of halogens is 1. The number of hydrogen-bond acceptors (Lipinski definition) is 3. The van der Waals surface area contributed by atoms with Gasteiger partial charge >= 0.3 is 0 Å². The number of hydrogen-bond donors (Lipinski definition) is 1. The molecule has 1 fully saturated rings. The number of nitrogens with one attached hydrogen (secondary N) is 1. The molecule has 0 aromatic heterocycles. The molecule has 1 aromatic carbocycles. The molecule has 1 unspecified atom stereocenters. The largest absolute Gasteiger partial charge is 0.340 e. The lowest BCUT2D eigenvalue weighted by atomic mass is 10.1. The molecule has 23 heavy (non-hydrogen) atoms. The SMILES string of the molecule is CC(C)C(=O)N1CCN(C(C)C(=O)Nc2ccc(Cl)cc2)CC1. The molecule has 2 amide bonds. The molecule has 1 aliphatic heterocycles. The third kappa shape index (κ3) is 4.69. The minimum absolute atomic E-state index is 0.0205. The van der Waals surface area contributed by atoms with Crippen LogP contribution >= 0.6 is 11.6 Å². The second-order valence-corrected chi connectivity index (χ2v) is 6.62. The van der Waals surface area contributed by atoms with E-state index in [4.69, 9.17) is 11.6 Å². The summed E-state index contributed by atoms with van der Waals surface area (Å²) in [6.07, 6.45) is 0. The highest BCUT2D eigenvalue weighted by Crippen LogP contribution is 2.15. The van der Waals surface area contributed by atoms with Crippen LogP contribution in [0.1, 0.15) is 20.8 Å². The lowest BCUT2D eigenvalue weighted by Gasteiger charge is -2.38. The van der Waals surface area contributed by atoms with Crippen LogP contribution in [-0.4, -0.2) is 53.8 Å². The Morgan fingerprint density at radius 2 is 1.61 bits per heavy atom. The molecule has 5 nitrogen and oxygen atoms in total. The first kappa shape index (κ1) is 17.8. The van der Waals surface area contributed by atoms with Gasteiger partial charge in [0.1, 0.15) is 0 Å². The summed E-state index contributed by atoms with van der Waals surface area (Å²) in [5.41, 5.74) is 0.736. The summed E-state index contributed by atoms with van der Waals surface area (Å²) >= 11 is 5.84. The van der Waals surface area contributed by atoms with Gasteiger partial charge in [-0.1, -0.05) is 25.4 Å². The molecule has 1 atom stereocenters. The van der Waals surface area contributed by atoms with E-state index in [-0.39, 0.29) is 23.8 Å². The van der Waals surface area contributed by atoms with Crippen LogP contribution in [0.15, 0.2) is 24.3 Å². The number of carbonyl (C=O) groups is 2. The Kier molecular flexibility index (Phi) is 6.02. The molecular weight excluding hydrogens is 314 g/mol. The van der Waals surface area contributed by atoms with Crippen molar-refractivity contribution in [1.82, 2.24) is 9.80 Å². The molecule has 2 rings (SSSR count). The summed E-state index contributed by atoms with van der Waals surface area (Å²) in [5.74, 6) is 0.158.